The van der Waals surface area contributed by atoms with E-state index in [0.717, 1.165) is 0 Å². The van der Waals surface area contributed by atoms with Gasteiger partial charge in [0.2, 0.25) is 0 Å². The normalized spacial score (nSPS) is 15.0. The molecule has 1 fully saturated rings. The van der Waals surface area contributed by atoms with Gasteiger partial charge < -0.3 is 19.4 Å². The molecule has 1 saturated heterocycles. The molecule has 0 aliphatic carbocycles. The highest BCUT2D eigenvalue weighted by molar-refractivity contribution is 9.10. The second-order valence-corrected chi connectivity index (χ2v) is 6.62. The van der Waals surface area contributed by atoms with E-state index in [9.17, 15) is 9.59 Å². The van der Waals surface area contributed by atoms with Gasteiger partial charge in [-0.2, -0.15) is 0 Å². The van der Waals surface area contributed by atoms with Crippen molar-refractivity contribution in [1.82, 2.24) is 10.2 Å². The topological polar surface area (TPSA) is 71.8 Å². The number of benzene rings is 1. The van der Waals surface area contributed by atoms with Gasteiger partial charge in [-0.1, -0.05) is 18.2 Å². The Labute approximate surface area is 154 Å². The fourth-order valence-electron chi connectivity index (χ4n) is 2.72. The molecule has 1 N–H and O–H groups in total. The zero-order chi connectivity index (χ0) is 17.6. The molecular weight excluding hydrogens is 388 g/mol. The Kier molecular flexibility index (Phi) is 5.75. The third kappa shape index (κ3) is 4.85. The molecule has 1 aliphatic rings. The van der Waals surface area contributed by atoms with E-state index in [1.807, 2.05) is 30.3 Å². The Hall–Kier alpha value is -2.28. The second kappa shape index (κ2) is 8.20. The molecule has 6 nitrogen and oxygen atoms in total. The first kappa shape index (κ1) is 17.5. The molecule has 1 aliphatic heterocycles. The van der Waals surface area contributed by atoms with Crippen LogP contribution in [0, 0.1) is 0 Å². The first-order valence-electron chi connectivity index (χ1n) is 8.13. The quantitative estimate of drug-likeness (QED) is 0.828. The summed E-state index contributed by atoms with van der Waals surface area (Å²) in [7, 11) is 0. The molecule has 0 bridgehead atoms. The third-order valence-corrected chi connectivity index (χ3v) is 4.51. The van der Waals surface area contributed by atoms with Crippen LogP contribution in [-0.4, -0.2) is 42.5 Å². The van der Waals surface area contributed by atoms with Crippen molar-refractivity contribution in [2.45, 2.75) is 18.9 Å². The van der Waals surface area contributed by atoms with Crippen LogP contribution >= 0.6 is 15.9 Å². The second-order valence-electron chi connectivity index (χ2n) is 5.83. The Morgan fingerprint density at radius 3 is 2.52 bits per heavy atom. The number of halogens is 1. The van der Waals surface area contributed by atoms with Gasteiger partial charge in [-0.15, -0.1) is 0 Å². The van der Waals surface area contributed by atoms with E-state index < -0.39 is 0 Å². The van der Waals surface area contributed by atoms with Gasteiger partial charge in [0.25, 0.3) is 11.8 Å². The van der Waals surface area contributed by atoms with Gasteiger partial charge in [0.1, 0.15) is 5.75 Å². The molecule has 2 aromatic rings. The van der Waals surface area contributed by atoms with Gasteiger partial charge >= 0.3 is 0 Å². The van der Waals surface area contributed by atoms with E-state index in [1.54, 1.807) is 17.0 Å². The molecule has 25 heavy (non-hydrogen) atoms. The van der Waals surface area contributed by atoms with E-state index in [4.69, 9.17) is 9.15 Å². The minimum atomic E-state index is -0.233. The molecule has 0 radical (unpaired) electrons. The zero-order valence-electron chi connectivity index (χ0n) is 13.6. The molecule has 0 atom stereocenters. The van der Waals surface area contributed by atoms with Crippen molar-refractivity contribution < 1.29 is 18.7 Å². The molecule has 3 rings (SSSR count). The Bertz CT molecular complexity index is 724. The van der Waals surface area contributed by atoms with Crippen LogP contribution in [0.15, 0.2) is 51.6 Å². The number of carbonyl (C=O) groups excluding carboxylic acids is 2. The maximum Gasteiger partial charge on any atom is 0.287 e. The number of nitrogens with one attached hydrogen (secondary N) is 1. The SMILES string of the molecule is O=C(NC1CCN(C(=O)COc2ccccc2)CC1)c1ccc(Br)o1. The van der Waals surface area contributed by atoms with Gasteiger partial charge in [0, 0.05) is 19.1 Å². The van der Waals surface area contributed by atoms with Crippen LogP contribution in [0.5, 0.6) is 5.75 Å². The maximum atomic E-state index is 12.2. The molecule has 132 valence electrons. The lowest BCUT2D eigenvalue weighted by atomic mass is 10.0. The maximum absolute atomic E-state index is 12.2. The van der Waals surface area contributed by atoms with Gasteiger partial charge in [0.15, 0.2) is 17.0 Å². The lowest BCUT2D eigenvalue weighted by Crippen LogP contribution is -2.47. The highest BCUT2D eigenvalue weighted by Crippen LogP contribution is 2.16. The number of rotatable bonds is 5. The Balaban J connectivity index is 1.42. The number of para-hydroxylation sites is 1. The van der Waals surface area contributed by atoms with Crippen LogP contribution < -0.4 is 10.1 Å². The summed E-state index contributed by atoms with van der Waals surface area (Å²) < 4.78 is 11.3. The van der Waals surface area contributed by atoms with Crippen molar-refractivity contribution in [1.29, 1.82) is 0 Å². The largest absolute Gasteiger partial charge is 0.484 e. The monoisotopic (exact) mass is 406 g/mol. The summed E-state index contributed by atoms with van der Waals surface area (Å²) in [4.78, 5) is 26.1. The van der Waals surface area contributed by atoms with Crippen LogP contribution in [0.3, 0.4) is 0 Å². The molecular formula is C18H19BrN2O4. The van der Waals surface area contributed by atoms with Crippen LogP contribution in [0.25, 0.3) is 0 Å². The van der Waals surface area contributed by atoms with Crippen LogP contribution in [0.4, 0.5) is 0 Å². The predicted molar refractivity (Wildman–Crippen MR) is 95.4 cm³/mol. The van der Waals surface area contributed by atoms with Crippen molar-refractivity contribution in [2.75, 3.05) is 19.7 Å². The first-order valence-corrected chi connectivity index (χ1v) is 8.93. The van der Waals surface area contributed by atoms with Crippen LogP contribution in [-0.2, 0) is 4.79 Å². The highest BCUT2D eigenvalue weighted by Gasteiger charge is 2.25. The van der Waals surface area contributed by atoms with Gasteiger partial charge in [0.05, 0.1) is 0 Å². The minimum Gasteiger partial charge on any atom is -0.484 e. The summed E-state index contributed by atoms with van der Waals surface area (Å²) in [6.45, 7) is 1.23. The number of nitrogens with zero attached hydrogens (tertiary/aromatic N) is 1. The van der Waals surface area contributed by atoms with E-state index in [2.05, 4.69) is 21.2 Å². The number of ether oxygens (including phenoxy) is 1. The third-order valence-electron chi connectivity index (χ3n) is 4.09. The Morgan fingerprint density at radius 1 is 1.16 bits per heavy atom. The van der Waals surface area contributed by atoms with Crippen LogP contribution in [0.1, 0.15) is 23.4 Å². The lowest BCUT2D eigenvalue weighted by Gasteiger charge is -2.32. The fraction of sp³-hybridized carbons (Fsp3) is 0.333. The molecule has 0 spiro atoms. The minimum absolute atomic E-state index is 0.0292. The number of piperidine rings is 1. The predicted octanol–water partition coefficient (Wildman–Crippen LogP) is 2.84. The highest BCUT2D eigenvalue weighted by atomic mass is 79.9. The smallest absolute Gasteiger partial charge is 0.287 e. The standard InChI is InChI=1S/C18H19BrN2O4/c19-16-7-6-15(25-16)18(23)20-13-8-10-21(11-9-13)17(22)12-24-14-4-2-1-3-5-14/h1-7,13H,8-12H2,(H,20,23). The molecule has 2 heterocycles. The van der Waals surface area contributed by atoms with Gasteiger partial charge in [-0.05, 0) is 53.0 Å². The average Bonchev–Trinajstić information content (AvgIpc) is 3.08. The van der Waals surface area contributed by atoms with Crippen molar-refractivity contribution >= 4 is 27.7 Å². The lowest BCUT2D eigenvalue weighted by molar-refractivity contribution is -0.134. The van der Waals surface area contributed by atoms with E-state index in [-0.39, 0.29) is 30.2 Å². The summed E-state index contributed by atoms with van der Waals surface area (Å²) in [6.07, 6.45) is 1.43. The summed E-state index contributed by atoms with van der Waals surface area (Å²) >= 11 is 3.18. The molecule has 0 unspecified atom stereocenters. The summed E-state index contributed by atoms with van der Waals surface area (Å²) in [6, 6.07) is 12.6. The van der Waals surface area contributed by atoms with Crippen molar-refractivity contribution in [2.24, 2.45) is 0 Å². The van der Waals surface area contributed by atoms with Crippen molar-refractivity contribution in [3.8, 4) is 5.75 Å². The number of amides is 2. The van der Waals surface area contributed by atoms with Gasteiger partial charge in [-0.3, -0.25) is 9.59 Å². The Morgan fingerprint density at radius 2 is 1.88 bits per heavy atom. The number of likely N-dealkylation sites (tertiary alicyclic amines) is 1. The van der Waals surface area contributed by atoms with Gasteiger partial charge in [-0.25, -0.2) is 0 Å². The summed E-state index contributed by atoms with van der Waals surface area (Å²) in [5.74, 6) is 0.690. The molecule has 7 heteroatoms. The molecule has 2 amide bonds. The number of carbonyl (C=O) groups is 2. The number of furan rings is 1. The van der Waals surface area contributed by atoms with E-state index in [1.165, 1.54) is 0 Å². The fourth-order valence-corrected chi connectivity index (χ4v) is 3.03. The summed E-state index contributed by atoms with van der Waals surface area (Å²) in [5, 5.41) is 2.94. The van der Waals surface area contributed by atoms with Crippen molar-refractivity contribution in [3.05, 3.63) is 52.9 Å². The summed E-state index contributed by atoms with van der Waals surface area (Å²) in [5.41, 5.74) is 0. The zero-order valence-corrected chi connectivity index (χ0v) is 15.2. The number of hydrogen-bond donors (Lipinski definition) is 1. The van der Waals surface area contributed by atoms with Crippen LogP contribution in [0.2, 0.25) is 0 Å². The van der Waals surface area contributed by atoms with E-state index >= 15 is 0 Å². The van der Waals surface area contributed by atoms with Crippen molar-refractivity contribution in [3.63, 3.8) is 0 Å². The molecule has 1 aromatic heterocycles. The average molecular weight is 407 g/mol. The molecule has 0 saturated carbocycles. The first-order chi connectivity index (χ1) is 12.1. The number of hydrogen-bond acceptors (Lipinski definition) is 4. The molecule has 1 aromatic carbocycles. The van der Waals surface area contributed by atoms with E-state index in [0.29, 0.717) is 36.4 Å².